The van der Waals surface area contributed by atoms with E-state index in [1.54, 1.807) is 0 Å². The maximum Gasteiger partial charge on any atom is 0.271 e. The molecular weight excluding hydrogens is 274 g/mol. The minimum atomic E-state index is -0.0779. The van der Waals surface area contributed by atoms with Crippen LogP contribution in [0.15, 0.2) is 36.4 Å². The van der Waals surface area contributed by atoms with Gasteiger partial charge >= 0.3 is 0 Å². The minimum Gasteiger partial charge on any atom is -0.350 e. The van der Waals surface area contributed by atoms with Gasteiger partial charge < -0.3 is 5.32 Å². The van der Waals surface area contributed by atoms with Crippen molar-refractivity contribution in [2.24, 2.45) is 5.41 Å². The zero-order chi connectivity index (χ0) is 15.6. The number of carbonyl (C=O) groups is 1. The summed E-state index contributed by atoms with van der Waals surface area (Å²) >= 11 is 0. The number of benzene rings is 1. The third kappa shape index (κ3) is 3.06. The van der Waals surface area contributed by atoms with E-state index < -0.39 is 0 Å². The molecule has 1 heterocycles. The molecule has 1 amide bonds. The van der Waals surface area contributed by atoms with Gasteiger partial charge in [-0.25, -0.2) is 4.68 Å². The zero-order valence-electron chi connectivity index (χ0n) is 13.3. The highest BCUT2D eigenvalue weighted by Gasteiger charge is 2.29. The lowest BCUT2D eigenvalue weighted by Crippen LogP contribution is -2.34. The Morgan fingerprint density at radius 3 is 2.64 bits per heavy atom. The summed E-state index contributed by atoms with van der Waals surface area (Å²) in [5, 5.41) is 7.51. The maximum atomic E-state index is 12.4. The molecule has 1 aliphatic carbocycles. The first-order valence-electron chi connectivity index (χ1n) is 7.98. The number of rotatable bonds is 4. The average molecular weight is 297 g/mol. The molecule has 1 aromatic carbocycles. The standard InChI is InChI=1S/C18H23N3O/c1-14-12-16(20-21(14)15-8-4-3-5-9-15)17(22)19-13-18(2)10-6-7-11-18/h3-5,8-9,12H,6-7,10-11,13H2,1-2H3,(H,19,22). The molecule has 0 spiro atoms. The molecule has 0 saturated heterocycles. The van der Waals surface area contributed by atoms with Gasteiger partial charge in [-0.05, 0) is 43.4 Å². The van der Waals surface area contributed by atoms with Crippen molar-refractivity contribution >= 4 is 5.91 Å². The van der Waals surface area contributed by atoms with Gasteiger partial charge in [-0.3, -0.25) is 4.79 Å². The zero-order valence-corrected chi connectivity index (χ0v) is 13.3. The molecule has 0 aliphatic heterocycles. The molecule has 0 radical (unpaired) electrons. The van der Waals surface area contributed by atoms with Crippen LogP contribution in [0.25, 0.3) is 5.69 Å². The Bertz CT molecular complexity index is 654. The Balaban J connectivity index is 1.71. The summed E-state index contributed by atoms with van der Waals surface area (Å²) in [6.07, 6.45) is 4.94. The van der Waals surface area contributed by atoms with E-state index in [1.807, 2.05) is 48.0 Å². The molecule has 1 N–H and O–H groups in total. The van der Waals surface area contributed by atoms with Crippen LogP contribution in [-0.4, -0.2) is 22.2 Å². The van der Waals surface area contributed by atoms with Gasteiger partial charge in [-0.15, -0.1) is 0 Å². The number of amides is 1. The lowest BCUT2D eigenvalue weighted by molar-refractivity contribution is 0.0929. The molecule has 3 rings (SSSR count). The SMILES string of the molecule is Cc1cc(C(=O)NCC2(C)CCCC2)nn1-c1ccccc1. The minimum absolute atomic E-state index is 0.0779. The Morgan fingerprint density at radius 2 is 1.95 bits per heavy atom. The third-order valence-corrected chi connectivity index (χ3v) is 4.61. The molecule has 0 unspecified atom stereocenters. The van der Waals surface area contributed by atoms with Crippen LogP contribution in [0, 0.1) is 12.3 Å². The summed E-state index contributed by atoms with van der Waals surface area (Å²) in [6.45, 7) is 4.96. The second-order valence-corrected chi connectivity index (χ2v) is 6.62. The molecule has 4 heteroatoms. The Hall–Kier alpha value is -2.10. The fourth-order valence-electron chi connectivity index (χ4n) is 3.21. The number of carbonyl (C=O) groups excluding carboxylic acids is 1. The molecular formula is C18H23N3O. The van der Waals surface area contributed by atoms with Crippen molar-refractivity contribution in [3.8, 4) is 5.69 Å². The molecule has 1 fully saturated rings. The van der Waals surface area contributed by atoms with Gasteiger partial charge in [0.2, 0.25) is 0 Å². The summed E-state index contributed by atoms with van der Waals surface area (Å²) < 4.78 is 1.81. The highest BCUT2D eigenvalue weighted by molar-refractivity contribution is 5.92. The van der Waals surface area contributed by atoms with E-state index in [2.05, 4.69) is 17.3 Å². The summed E-state index contributed by atoms with van der Waals surface area (Å²) in [5.74, 6) is -0.0779. The van der Waals surface area contributed by atoms with E-state index in [-0.39, 0.29) is 11.3 Å². The fraction of sp³-hybridized carbons (Fsp3) is 0.444. The number of hydrogen-bond donors (Lipinski definition) is 1. The van der Waals surface area contributed by atoms with E-state index in [4.69, 9.17) is 0 Å². The predicted molar refractivity (Wildman–Crippen MR) is 87.2 cm³/mol. The molecule has 1 aliphatic rings. The quantitative estimate of drug-likeness (QED) is 0.939. The lowest BCUT2D eigenvalue weighted by atomic mass is 9.89. The van der Waals surface area contributed by atoms with E-state index >= 15 is 0 Å². The summed E-state index contributed by atoms with van der Waals surface area (Å²) in [6, 6.07) is 11.7. The van der Waals surface area contributed by atoms with E-state index in [9.17, 15) is 4.79 Å². The molecule has 1 saturated carbocycles. The first-order chi connectivity index (χ1) is 10.6. The van der Waals surface area contributed by atoms with Crippen molar-refractivity contribution < 1.29 is 4.79 Å². The molecule has 1 aromatic heterocycles. The Labute approximate surface area is 131 Å². The molecule has 4 nitrogen and oxygen atoms in total. The van der Waals surface area contributed by atoms with Gasteiger partial charge in [-0.1, -0.05) is 38.0 Å². The third-order valence-electron chi connectivity index (χ3n) is 4.61. The first-order valence-corrected chi connectivity index (χ1v) is 7.98. The number of aromatic nitrogens is 2. The van der Waals surface area contributed by atoms with Crippen LogP contribution >= 0.6 is 0 Å². The molecule has 116 valence electrons. The Morgan fingerprint density at radius 1 is 1.27 bits per heavy atom. The highest BCUT2D eigenvalue weighted by atomic mass is 16.1. The molecule has 2 aromatic rings. The molecule has 22 heavy (non-hydrogen) atoms. The topological polar surface area (TPSA) is 46.9 Å². The fourth-order valence-corrected chi connectivity index (χ4v) is 3.21. The van der Waals surface area contributed by atoms with E-state index in [0.717, 1.165) is 17.9 Å². The number of para-hydroxylation sites is 1. The van der Waals surface area contributed by atoms with Crippen LogP contribution in [0.2, 0.25) is 0 Å². The lowest BCUT2D eigenvalue weighted by Gasteiger charge is -2.23. The largest absolute Gasteiger partial charge is 0.350 e. The van der Waals surface area contributed by atoms with Crippen molar-refractivity contribution in [3.05, 3.63) is 47.8 Å². The van der Waals surface area contributed by atoms with Crippen molar-refractivity contribution in [2.75, 3.05) is 6.54 Å². The van der Waals surface area contributed by atoms with Crippen molar-refractivity contribution in [3.63, 3.8) is 0 Å². The monoisotopic (exact) mass is 297 g/mol. The van der Waals surface area contributed by atoms with Gasteiger partial charge in [-0.2, -0.15) is 5.10 Å². The second-order valence-electron chi connectivity index (χ2n) is 6.62. The highest BCUT2D eigenvalue weighted by Crippen LogP contribution is 2.36. The van der Waals surface area contributed by atoms with Crippen LogP contribution in [0.5, 0.6) is 0 Å². The van der Waals surface area contributed by atoms with Gasteiger partial charge in [0.1, 0.15) is 0 Å². The normalized spacial score (nSPS) is 16.6. The van der Waals surface area contributed by atoms with Crippen LogP contribution in [0.4, 0.5) is 0 Å². The van der Waals surface area contributed by atoms with Crippen molar-refractivity contribution in [1.29, 1.82) is 0 Å². The summed E-state index contributed by atoms with van der Waals surface area (Å²) in [5.41, 5.74) is 2.68. The number of hydrogen-bond acceptors (Lipinski definition) is 2. The maximum absolute atomic E-state index is 12.4. The predicted octanol–water partition coefficient (Wildman–Crippen LogP) is 3.49. The van der Waals surface area contributed by atoms with Gasteiger partial charge in [0, 0.05) is 12.2 Å². The average Bonchev–Trinajstić information content (AvgIpc) is 3.13. The number of nitrogens with zero attached hydrogens (tertiary/aromatic N) is 2. The number of nitrogens with one attached hydrogen (secondary N) is 1. The van der Waals surface area contributed by atoms with Crippen molar-refractivity contribution in [1.82, 2.24) is 15.1 Å². The van der Waals surface area contributed by atoms with Crippen LogP contribution in [-0.2, 0) is 0 Å². The van der Waals surface area contributed by atoms with Crippen LogP contribution < -0.4 is 5.32 Å². The van der Waals surface area contributed by atoms with E-state index in [1.165, 1.54) is 25.7 Å². The van der Waals surface area contributed by atoms with Gasteiger partial charge in [0.05, 0.1) is 5.69 Å². The summed E-state index contributed by atoms with van der Waals surface area (Å²) in [4.78, 5) is 12.4. The number of aryl methyl sites for hydroxylation is 1. The Kier molecular flexibility index (Phi) is 4.01. The van der Waals surface area contributed by atoms with E-state index in [0.29, 0.717) is 5.69 Å². The second kappa shape index (κ2) is 5.95. The smallest absolute Gasteiger partial charge is 0.271 e. The molecule has 0 bridgehead atoms. The van der Waals surface area contributed by atoms with Gasteiger partial charge in [0.15, 0.2) is 5.69 Å². The van der Waals surface area contributed by atoms with Crippen LogP contribution in [0.1, 0.15) is 48.8 Å². The van der Waals surface area contributed by atoms with Gasteiger partial charge in [0.25, 0.3) is 5.91 Å². The molecule has 0 atom stereocenters. The van der Waals surface area contributed by atoms with Crippen molar-refractivity contribution in [2.45, 2.75) is 39.5 Å². The summed E-state index contributed by atoms with van der Waals surface area (Å²) in [7, 11) is 0. The first kappa shape index (κ1) is 14.8. The van der Waals surface area contributed by atoms with Crippen LogP contribution in [0.3, 0.4) is 0 Å².